The molecule has 35 heavy (non-hydrogen) atoms. The Bertz CT molecular complexity index is 1300. The molecule has 1 aromatic heterocycles. The first-order valence-electron chi connectivity index (χ1n) is 14.1. The molecular formula is C29H35N5O. The molecule has 6 unspecified atom stereocenters. The number of fused-ring (bicyclic) bond motifs is 4. The van der Waals surface area contributed by atoms with E-state index in [4.69, 9.17) is 4.98 Å². The van der Waals surface area contributed by atoms with E-state index in [-0.39, 0.29) is 11.6 Å². The lowest BCUT2D eigenvalue weighted by atomic mass is 9.42. The summed E-state index contributed by atoms with van der Waals surface area (Å²) in [6.45, 7) is 1.32. The summed E-state index contributed by atoms with van der Waals surface area (Å²) in [6, 6.07) is 9.65. The second-order valence-corrected chi connectivity index (χ2v) is 12.3. The molecule has 0 spiro atoms. The molecule has 2 saturated heterocycles. The molecule has 2 aromatic rings. The monoisotopic (exact) mass is 469 g/mol. The zero-order valence-corrected chi connectivity index (χ0v) is 20.5. The number of rotatable bonds is 3. The quantitative estimate of drug-likeness (QED) is 0.669. The maximum Gasteiger partial charge on any atom is 0.279 e. The molecule has 0 N–H and O–H groups in total. The Balaban J connectivity index is 1.20. The molecule has 6 nitrogen and oxygen atoms in total. The Morgan fingerprint density at radius 3 is 2.51 bits per heavy atom. The standard InChI is InChI=1S/C29H35N5O/c35-28-27(25-17-30-10-11-31-25)32-24-6-1-2-7-26(24)33(28)22-13-20-4-3-5-21(14-22)34(20)29-15-18-8-9-23(29)19(12-18)16-29/h1-2,6-7,17-23H,3-5,8-16H2. The van der Waals surface area contributed by atoms with E-state index in [9.17, 15) is 4.79 Å². The number of piperidine rings is 2. The molecule has 1 aromatic carbocycles. The Kier molecular flexibility index (Phi) is 4.51. The van der Waals surface area contributed by atoms with Gasteiger partial charge in [-0.05, 0) is 81.3 Å². The third kappa shape index (κ3) is 2.92. The van der Waals surface area contributed by atoms with Crippen molar-refractivity contribution in [2.24, 2.45) is 27.7 Å². The van der Waals surface area contributed by atoms with Gasteiger partial charge in [0.15, 0.2) is 5.69 Å². The zero-order valence-electron chi connectivity index (χ0n) is 20.5. The van der Waals surface area contributed by atoms with Gasteiger partial charge in [0, 0.05) is 29.9 Å². The molecule has 182 valence electrons. The molecule has 7 aliphatic rings. The van der Waals surface area contributed by atoms with Crippen molar-refractivity contribution in [1.29, 1.82) is 0 Å². The van der Waals surface area contributed by atoms with Crippen molar-refractivity contribution in [3.8, 4) is 0 Å². The largest absolute Gasteiger partial charge is 0.302 e. The number of aliphatic imine (C=N–C) groups is 2. The normalized spacial score (nSPS) is 39.9. The van der Waals surface area contributed by atoms with Crippen LogP contribution in [0.2, 0.25) is 0 Å². The highest BCUT2D eigenvalue weighted by Gasteiger charge is 2.65. The van der Waals surface area contributed by atoms with Crippen molar-refractivity contribution < 1.29 is 0 Å². The van der Waals surface area contributed by atoms with Crippen LogP contribution >= 0.6 is 0 Å². The lowest BCUT2D eigenvalue weighted by Crippen LogP contribution is -2.75. The minimum Gasteiger partial charge on any atom is -0.302 e. The average Bonchev–Trinajstić information content (AvgIpc) is 2.88. The van der Waals surface area contributed by atoms with Gasteiger partial charge in [-0.3, -0.25) is 19.7 Å². The number of hydrogen-bond acceptors (Lipinski definition) is 5. The van der Waals surface area contributed by atoms with E-state index in [2.05, 4.69) is 25.5 Å². The van der Waals surface area contributed by atoms with Gasteiger partial charge in [-0.2, -0.15) is 0 Å². The van der Waals surface area contributed by atoms with Crippen molar-refractivity contribution in [3.05, 3.63) is 40.3 Å². The van der Waals surface area contributed by atoms with Crippen LogP contribution in [0.5, 0.6) is 0 Å². The molecular weight excluding hydrogens is 434 g/mol. The smallest absolute Gasteiger partial charge is 0.279 e. The average molecular weight is 470 g/mol. The number of benzene rings is 1. The Morgan fingerprint density at radius 2 is 1.77 bits per heavy atom. The summed E-state index contributed by atoms with van der Waals surface area (Å²) in [7, 11) is 0. The van der Waals surface area contributed by atoms with Gasteiger partial charge >= 0.3 is 0 Å². The van der Waals surface area contributed by atoms with Gasteiger partial charge in [0.25, 0.3) is 5.56 Å². The molecule has 4 heterocycles. The fourth-order valence-corrected chi connectivity index (χ4v) is 9.59. The van der Waals surface area contributed by atoms with Gasteiger partial charge in [-0.15, -0.1) is 0 Å². The topological polar surface area (TPSA) is 62.9 Å². The third-order valence-electron chi connectivity index (χ3n) is 10.6. The summed E-state index contributed by atoms with van der Waals surface area (Å²) < 4.78 is 2.11. The van der Waals surface area contributed by atoms with Crippen molar-refractivity contribution >= 4 is 23.0 Å². The first kappa shape index (κ1) is 20.8. The second-order valence-electron chi connectivity index (χ2n) is 12.3. The van der Waals surface area contributed by atoms with Gasteiger partial charge < -0.3 is 4.57 Å². The minimum atomic E-state index is 0.0194. The first-order valence-corrected chi connectivity index (χ1v) is 14.1. The molecule has 9 rings (SSSR count). The molecule has 3 aliphatic heterocycles. The lowest BCUT2D eigenvalue weighted by Gasteiger charge is -2.73. The SMILES string of the molecule is O=c1c(C2=NCCN=C2)nc2ccccc2n1C1CC2CCCC(C1)N2C12CC3CCC1C(C3)C2. The molecule has 6 fully saturated rings. The summed E-state index contributed by atoms with van der Waals surface area (Å²) in [5.41, 5.74) is 3.51. The first-order chi connectivity index (χ1) is 17.2. The maximum absolute atomic E-state index is 14.0. The predicted octanol–water partition coefficient (Wildman–Crippen LogP) is 4.41. The van der Waals surface area contributed by atoms with Crippen molar-refractivity contribution in [3.63, 3.8) is 0 Å². The summed E-state index contributed by atoms with van der Waals surface area (Å²) in [4.78, 5) is 30.8. The molecule has 6 atom stereocenters. The van der Waals surface area contributed by atoms with Gasteiger partial charge in [0.05, 0.1) is 24.1 Å². The summed E-state index contributed by atoms with van der Waals surface area (Å²) in [5.74, 6) is 2.93. The van der Waals surface area contributed by atoms with Crippen molar-refractivity contribution in [2.45, 2.75) is 87.9 Å². The van der Waals surface area contributed by atoms with Gasteiger partial charge in [-0.1, -0.05) is 25.0 Å². The highest BCUT2D eigenvalue weighted by Crippen LogP contribution is 2.67. The predicted molar refractivity (Wildman–Crippen MR) is 139 cm³/mol. The molecule has 0 radical (unpaired) electrons. The summed E-state index contributed by atoms with van der Waals surface area (Å²) >= 11 is 0. The van der Waals surface area contributed by atoms with Gasteiger partial charge in [0.2, 0.25) is 0 Å². The van der Waals surface area contributed by atoms with Crippen LogP contribution < -0.4 is 5.56 Å². The van der Waals surface area contributed by atoms with Crippen molar-refractivity contribution in [2.75, 3.05) is 13.1 Å². The number of para-hydroxylation sites is 2. The summed E-state index contributed by atoms with van der Waals surface area (Å²) in [6.07, 6.45) is 15.2. The second kappa shape index (κ2) is 7.58. The summed E-state index contributed by atoms with van der Waals surface area (Å²) in [5, 5.41) is 0. The highest BCUT2D eigenvalue weighted by molar-refractivity contribution is 6.38. The van der Waals surface area contributed by atoms with Crippen LogP contribution in [-0.2, 0) is 0 Å². The molecule has 6 heteroatoms. The van der Waals surface area contributed by atoms with E-state index < -0.39 is 0 Å². The van der Waals surface area contributed by atoms with Crippen LogP contribution in [0.4, 0.5) is 0 Å². The van der Waals surface area contributed by atoms with Gasteiger partial charge in [-0.25, -0.2) is 4.98 Å². The van der Waals surface area contributed by atoms with Gasteiger partial charge in [0.1, 0.15) is 5.71 Å². The van der Waals surface area contributed by atoms with E-state index in [1.54, 1.807) is 6.21 Å². The van der Waals surface area contributed by atoms with Crippen LogP contribution in [0.25, 0.3) is 11.0 Å². The maximum atomic E-state index is 14.0. The zero-order chi connectivity index (χ0) is 23.1. The third-order valence-corrected chi connectivity index (χ3v) is 10.6. The fraction of sp³-hybridized carbons (Fsp3) is 0.655. The van der Waals surface area contributed by atoms with Crippen molar-refractivity contribution in [1.82, 2.24) is 14.5 Å². The Hall–Kier alpha value is -2.34. The number of nitrogens with zero attached hydrogens (tertiary/aromatic N) is 5. The Morgan fingerprint density at radius 1 is 0.914 bits per heavy atom. The van der Waals surface area contributed by atoms with E-state index in [1.807, 2.05) is 18.2 Å². The van der Waals surface area contributed by atoms with E-state index in [1.165, 1.54) is 51.4 Å². The lowest BCUT2D eigenvalue weighted by molar-refractivity contribution is -0.221. The van der Waals surface area contributed by atoms with Crippen LogP contribution in [-0.4, -0.2) is 57.1 Å². The highest BCUT2D eigenvalue weighted by atomic mass is 16.1. The number of aromatic nitrogens is 2. The minimum absolute atomic E-state index is 0.0194. The Labute approximate surface area is 206 Å². The number of hydrogen-bond donors (Lipinski definition) is 0. The van der Waals surface area contributed by atoms with E-state index >= 15 is 0 Å². The van der Waals surface area contributed by atoms with E-state index in [0.717, 1.165) is 41.6 Å². The molecule has 6 bridgehead atoms. The van der Waals surface area contributed by atoms with Crippen LogP contribution in [0.15, 0.2) is 39.0 Å². The fourth-order valence-electron chi connectivity index (χ4n) is 9.59. The molecule has 4 aliphatic carbocycles. The van der Waals surface area contributed by atoms with Crippen LogP contribution in [0.3, 0.4) is 0 Å². The van der Waals surface area contributed by atoms with Crippen LogP contribution in [0.1, 0.15) is 75.9 Å². The molecule has 4 saturated carbocycles. The van der Waals surface area contributed by atoms with Crippen LogP contribution in [0, 0.1) is 17.8 Å². The molecule has 0 amide bonds. The van der Waals surface area contributed by atoms with E-state index in [0.29, 0.717) is 42.1 Å².